The van der Waals surface area contributed by atoms with E-state index < -0.39 is 51.0 Å². The molecule has 4 aromatic rings. The number of rotatable bonds is 15. The van der Waals surface area contributed by atoms with Gasteiger partial charge in [-0.05, 0) is 81.1 Å². The third-order valence-corrected chi connectivity index (χ3v) is 14.2. The van der Waals surface area contributed by atoms with Crippen molar-refractivity contribution in [2.24, 2.45) is 5.41 Å². The van der Waals surface area contributed by atoms with Crippen molar-refractivity contribution < 1.29 is 28.4 Å². The molecule has 290 valence electrons. The number of hydrogen-bond acceptors (Lipinski definition) is 10. The first kappa shape index (κ1) is 40.0. The summed E-state index contributed by atoms with van der Waals surface area (Å²) < 4.78 is 42.5. The molecule has 1 aromatic carbocycles. The lowest BCUT2D eigenvalue weighted by Gasteiger charge is -2.33. The fourth-order valence-corrected chi connectivity index (χ4v) is 9.18. The molecule has 3 N–H and O–H groups in total. The average molecular weight is 788 g/mol. The lowest BCUT2D eigenvalue weighted by Crippen LogP contribution is -2.40. The van der Waals surface area contributed by atoms with E-state index in [9.17, 15) is 5.11 Å². The predicted octanol–water partition coefficient (Wildman–Crippen LogP) is 7.83. The Morgan fingerprint density at radius 2 is 1.64 bits per heavy atom. The number of aromatic nitrogens is 4. The van der Waals surface area contributed by atoms with Gasteiger partial charge in [0.15, 0.2) is 11.6 Å². The summed E-state index contributed by atoms with van der Waals surface area (Å²) in [7, 11) is -2.56. The molecule has 15 heteroatoms. The number of nitrogen functional groups attached to an aromatic ring is 1. The molecule has 11 nitrogen and oxygen atoms in total. The zero-order valence-corrected chi connectivity index (χ0v) is 35.4. The Morgan fingerprint density at radius 1 is 1.00 bits per heavy atom. The number of hydrogen-bond donors (Lipinski definition) is 2. The molecule has 0 amide bonds. The normalized spacial score (nSPS) is 24.4. The molecule has 2 aliphatic rings. The van der Waals surface area contributed by atoms with Gasteiger partial charge >= 0.3 is 0 Å². The van der Waals surface area contributed by atoms with Gasteiger partial charge in [0.2, 0.25) is 0 Å². The lowest BCUT2D eigenvalue weighted by atomic mass is 9.79. The first-order valence-electron chi connectivity index (χ1n) is 18.5. The number of nitrogens with two attached hydrogens (primary N) is 1. The van der Waals surface area contributed by atoms with Crippen LogP contribution in [0.3, 0.4) is 0 Å². The Hall–Kier alpha value is -2.70. The van der Waals surface area contributed by atoms with Crippen molar-refractivity contribution in [3.8, 4) is 0 Å². The highest BCUT2D eigenvalue weighted by Crippen LogP contribution is 2.58. The van der Waals surface area contributed by atoms with Crippen LogP contribution in [0, 0.1) is 11.2 Å². The zero-order valence-electron chi connectivity index (χ0n) is 32.6. The van der Waals surface area contributed by atoms with Crippen molar-refractivity contribution in [2.45, 2.75) is 115 Å². The minimum absolute atomic E-state index is 0.156. The smallest absolute Gasteiger partial charge is 0.163 e. The predicted molar refractivity (Wildman–Crippen MR) is 213 cm³/mol. The maximum absolute atomic E-state index is 15.2. The van der Waals surface area contributed by atoms with Crippen molar-refractivity contribution in [1.82, 2.24) is 19.6 Å². The number of benzene rings is 1. The largest absolute Gasteiger partial charge is 0.382 e. The van der Waals surface area contributed by atoms with Gasteiger partial charge < -0.3 is 34.7 Å². The molecular weight excluding hydrogens is 731 g/mol. The topological polar surface area (TPSA) is 129 Å². The van der Waals surface area contributed by atoms with E-state index in [1.807, 2.05) is 36.9 Å². The molecular formula is C38H56ClFN6O5Si2. The second-order valence-corrected chi connectivity index (χ2v) is 29.7. The number of aryl methyl sites for hydroxylation is 1. The van der Waals surface area contributed by atoms with Crippen LogP contribution in [-0.4, -0.2) is 85.5 Å². The molecule has 1 aliphatic heterocycles. The summed E-state index contributed by atoms with van der Waals surface area (Å²) in [6.07, 6.45) is 1.82. The summed E-state index contributed by atoms with van der Waals surface area (Å²) in [5, 5.41) is 18.0. The summed E-state index contributed by atoms with van der Waals surface area (Å²) in [6, 6.07) is 10.8. The van der Waals surface area contributed by atoms with Gasteiger partial charge in [-0.2, -0.15) is 5.10 Å². The highest BCUT2D eigenvalue weighted by atomic mass is 35.5. The van der Waals surface area contributed by atoms with Crippen LogP contribution in [0.15, 0.2) is 36.7 Å². The molecule has 0 spiro atoms. The molecule has 4 heterocycles. The summed E-state index contributed by atoms with van der Waals surface area (Å²) in [6.45, 7) is 21.8. The van der Waals surface area contributed by atoms with Crippen molar-refractivity contribution in [1.29, 1.82) is 0 Å². The van der Waals surface area contributed by atoms with Crippen molar-refractivity contribution in [3.05, 3.63) is 58.8 Å². The number of aliphatic hydroxyl groups is 1. The van der Waals surface area contributed by atoms with Crippen LogP contribution in [0.5, 0.6) is 0 Å². The third kappa shape index (κ3) is 8.75. The SMILES string of the molecule is CC1(C)O[C@@H]2[C@H](O1)[C@@](C)(CCc1cc(F)c3cc(Cl)c(N)nc3c1)C[C@@]2(O)c1ccc2c(N(COCC[Si](C)(C)C)COCC[Si](C)(C)C)ncnn12. The first-order chi connectivity index (χ1) is 24.7. The number of pyridine rings is 1. The minimum atomic E-state index is -1.46. The summed E-state index contributed by atoms with van der Waals surface area (Å²) in [5.41, 5.74) is 6.45. The Bertz CT molecular complexity index is 1930. The standard InChI is InChI=1S/C38H56ClFN6O5Si2/c1-36(2)50-32-33(51-36)38(47,21-37(32,3)13-12-25-18-28(40)26-20-27(39)34(41)44-29(26)19-25)31-11-10-30-35(42-22-43-46(30)31)45(23-48-14-16-52(4,5)6)24-49-15-17-53(7,8)9/h10-11,18-20,22,32-33,47H,12-17,21,23-24H2,1-9H3,(H2,41,44)/t32-,33+,37-,38+/m0/s1. The number of nitrogens with zero attached hydrogens (tertiary/aromatic N) is 5. The van der Waals surface area contributed by atoms with E-state index in [1.54, 1.807) is 4.52 Å². The maximum Gasteiger partial charge on any atom is 0.163 e. The summed E-state index contributed by atoms with van der Waals surface area (Å²) >= 11 is 6.12. The average Bonchev–Trinajstić information content (AvgIpc) is 3.70. The van der Waals surface area contributed by atoms with Gasteiger partial charge in [0.25, 0.3) is 0 Å². The molecule has 1 saturated carbocycles. The molecule has 1 saturated heterocycles. The van der Waals surface area contributed by atoms with Crippen LogP contribution in [0.1, 0.15) is 44.9 Å². The van der Waals surface area contributed by atoms with E-state index in [2.05, 4.69) is 56.3 Å². The molecule has 0 bridgehead atoms. The van der Waals surface area contributed by atoms with Gasteiger partial charge in [0, 0.05) is 40.2 Å². The van der Waals surface area contributed by atoms with Crippen molar-refractivity contribution in [3.63, 3.8) is 0 Å². The monoisotopic (exact) mass is 786 g/mol. The lowest BCUT2D eigenvalue weighted by molar-refractivity contribution is -0.192. The highest BCUT2D eigenvalue weighted by molar-refractivity contribution is 6.76. The Balaban J connectivity index is 1.29. The van der Waals surface area contributed by atoms with Crippen LogP contribution >= 0.6 is 11.6 Å². The van der Waals surface area contributed by atoms with E-state index in [0.29, 0.717) is 68.4 Å². The molecule has 0 radical (unpaired) electrons. The van der Waals surface area contributed by atoms with Gasteiger partial charge in [0.05, 0.1) is 22.3 Å². The second-order valence-electron chi connectivity index (χ2n) is 18.1. The van der Waals surface area contributed by atoms with Crippen LogP contribution in [0.2, 0.25) is 56.4 Å². The second kappa shape index (κ2) is 14.8. The summed E-state index contributed by atoms with van der Waals surface area (Å²) in [5.74, 6) is -0.521. The Kier molecular flexibility index (Phi) is 11.1. The molecule has 2 fully saturated rings. The Morgan fingerprint density at radius 3 is 2.28 bits per heavy atom. The number of halogens is 2. The minimum Gasteiger partial charge on any atom is -0.382 e. The highest BCUT2D eigenvalue weighted by Gasteiger charge is 2.66. The molecule has 6 rings (SSSR count). The van der Waals surface area contributed by atoms with Crippen LogP contribution in [0.25, 0.3) is 16.4 Å². The molecule has 0 unspecified atom stereocenters. The Labute approximate surface area is 319 Å². The van der Waals surface area contributed by atoms with Gasteiger partial charge in [-0.25, -0.2) is 18.9 Å². The van der Waals surface area contributed by atoms with E-state index >= 15 is 4.39 Å². The fourth-order valence-electron chi connectivity index (χ4n) is 7.51. The summed E-state index contributed by atoms with van der Waals surface area (Å²) in [4.78, 5) is 11.0. The molecule has 3 aromatic heterocycles. The van der Waals surface area contributed by atoms with Gasteiger partial charge in [-0.3, -0.25) is 0 Å². The van der Waals surface area contributed by atoms with E-state index in [1.165, 1.54) is 18.5 Å². The third-order valence-electron chi connectivity index (χ3n) is 10.5. The van der Waals surface area contributed by atoms with Gasteiger partial charge in [-0.1, -0.05) is 57.8 Å². The molecule has 53 heavy (non-hydrogen) atoms. The van der Waals surface area contributed by atoms with Crippen LogP contribution in [0.4, 0.5) is 16.0 Å². The van der Waals surface area contributed by atoms with Gasteiger partial charge in [-0.15, -0.1) is 0 Å². The van der Waals surface area contributed by atoms with E-state index in [4.69, 9.17) is 41.3 Å². The fraction of sp³-hybridized carbons (Fsp3) is 0.605. The number of anilines is 2. The van der Waals surface area contributed by atoms with Gasteiger partial charge in [0.1, 0.15) is 48.6 Å². The number of ether oxygens (including phenoxy) is 4. The van der Waals surface area contributed by atoms with Crippen molar-refractivity contribution in [2.75, 3.05) is 37.3 Å². The quantitative estimate of drug-likeness (QED) is 0.0699. The maximum atomic E-state index is 15.2. The van der Waals surface area contributed by atoms with E-state index in [-0.39, 0.29) is 10.8 Å². The van der Waals surface area contributed by atoms with Crippen molar-refractivity contribution >= 4 is 55.8 Å². The number of fused-ring (bicyclic) bond motifs is 3. The van der Waals surface area contributed by atoms with E-state index in [0.717, 1.165) is 23.2 Å². The van der Waals surface area contributed by atoms with Crippen LogP contribution < -0.4 is 10.6 Å². The molecule has 4 atom stereocenters. The zero-order chi connectivity index (χ0) is 38.6. The molecule has 1 aliphatic carbocycles. The first-order valence-corrected chi connectivity index (χ1v) is 26.3. The van der Waals surface area contributed by atoms with Crippen LogP contribution in [-0.2, 0) is 31.0 Å².